The summed E-state index contributed by atoms with van der Waals surface area (Å²) in [6.45, 7) is 4.03. The first-order chi connectivity index (χ1) is 9.36. The molecule has 1 aromatic carbocycles. The van der Waals surface area contributed by atoms with Gasteiger partial charge in [-0.1, -0.05) is 13.0 Å². The Morgan fingerprint density at radius 1 is 1.21 bits per heavy atom. The minimum absolute atomic E-state index is 0.543. The van der Waals surface area contributed by atoms with E-state index < -0.39 is 0 Å². The number of ether oxygens (including phenoxy) is 1. The van der Waals surface area contributed by atoms with Crippen LogP contribution in [0.5, 0.6) is 5.75 Å². The molecule has 1 atom stereocenters. The van der Waals surface area contributed by atoms with Crippen LogP contribution in [0.4, 0.5) is 0 Å². The van der Waals surface area contributed by atoms with Crippen molar-refractivity contribution in [1.82, 2.24) is 5.32 Å². The smallest absolute Gasteiger partial charge is 0.119 e. The number of benzene rings is 1. The number of aryl methyl sites for hydroxylation is 2. The summed E-state index contributed by atoms with van der Waals surface area (Å²) in [5.41, 5.74) is 3.04. The maximum Gasteiger partial charge on any atom is 0.119 e. The number of nitrogens with one attached hydrogen (secondary N) is 1. The molecule has 19 heavy (non-hydrogen) atoms. The Morgan fingerprint density at radius 3 is 2.74 bits per heavy atom. The SMILES string of the molecule is CCNC(COc1ccc2c(c1)CCCC2)C1CC1. The molecule has 3 rings (SSSR count). The largest absolute Gasteiger partial charge is 0.492 e. The van der Waals surface area contributed by atoms with E-state index in [2.05, 4.69) is 30.4 Å². The van der Waals surface area contributed by atoms with Crippen molar-refractivity contribution in [2.45, 2.75) is 51.5 Å². The fourth-order valence-corrected chi connectivity index (χ4v) is 3.11. The Balaban J connectivity index is 1.59. The predicted molar refractivity (Wildman–Crippen MR) is 78.8 cm³/mol. The number of likely N-dealkylation sites (N-methyl/N-ethyl adjacent to an activating group) is 1. The molecule has 0 radical (unpaired) electrons. The van der Waals surface area contributed by atoms with E-state index in [1.54, 1.807) is 0 Å². The molecular formula is C17H25NO. The van der Waals surface area contributed by atoms with Crippen LogP contribution in [-0.2, 0) is 12.8 Å². The lowest BCUT2D eigenvalue weighted by atomic mass is 9.92. The van der Waals surface area contributed by atoms with Crippen LogP contribution in [0.2, 0.25) is 0 Å². The molecule has 1 unspecified atom stereocenters. The molecule has 1 N–H and O–H groups in total. The van der Waals surface area contributed by atoms with Crippen molar-refractivity contribution < 1.29 is 4.74 Å². The summed E-state index contributed by atoms with van der Waals surface area (Å²) in [4.78, 5) is 0. The molecule has 1 fully saturated rings. The van der Waals surface area contributed by atoms with Crippen molar-refractivity contribution in [3.05, 3.63) is 29.3 Å². The summed E-state index contributed by atoms with van der Waals surface area (Å²) in [6, 6.07) is 7.23. The van der Waals surface area contributed by atoms with Gasteiger partial charge in [0.05, 0.1) is 0 Å². The highest BCUT2D eigenvalue weighted by atomic mass is 16.5. The molecule has 0 bridgehead atoms. The Morgan fingerprint density at radius 2 is 2.00 bits per heavy atom. The van der Waals surface area contributed by atoms with Crippen molar-refractivity contribution >= 4 is 0 Å². The highest BCUT2D eigenvalue weighted by molar-refractivity contribution is 5.37. The van der Waals surface area contributed by atoms with E-state index in [1.165, 1.54) is 49.7 Å². The lowest BCUT2D eigenvalue weighted by Crippen LogP contribution is -2.36. The quantitative estimate of drug-likeness (QED) is 0.846. The third-order valence-electron chi connectivity index (χ3n) is 4.41. The van der Waals surface area contributed by atoms with Crippen LogP contribution in [0.15, 0.2) is 18.2 Å². The summed E-state index contributed by atoms with van der Waals surface area (Å²) < 4.78 is 6.03. The summed E-state index contributed by atoms with van der Waals surface area (Å²) >= 11 is 0. The standard InChI is InChI=1S/C17H25NO/c1-2-18-17(14-7-8-14)12-19-16-10-9-13-5-3-4-6-15(13)11-16/h9-11,14,17-18H,2-8,12H2,1H3. The highest BCUT2D eigenvalue weighted by Gasteiger charge is 2.31. The molecule has 1 aromatic rings. The highest BCUT2D eigenvalue weighted by Crippen LogP contribution is 2.33. The normalized spacial score (nSPS) is 19.8. The predicted octanol–water partition coefficient (Wildman–Crippen LogP) is 3.33. The Hall–Kier alpha value is -1.02. The molecule has 0 spiro atoms. The van der Waals surface area contributed by atoms with Crippen molar-refractivity contribution in [1.29, 1.82) is 0 Å². The molecule has 0 aromatic heterocycles. The second kappa shape index (κ2) is 5.96. The Kier molecular flexibility index (Phi) is 4.07. The van der Waals surface area contributed by atoms with Gasteiger partial charge in [0, 0.05) is 6.04 Å². The Labute approximate surface area is 116 Å². The van der Waals surface area contributed by atoms with E-state index in [1.807, 2.05) is 0 Å². The topological polar surface area (TPSA) is 21.3 Å². The van der Waals surface area contributed by atoms with E-state index in [0.717, 1.165) is 24.8 Å². The van der Waals surface area contributed by atoms with Crippen LogP contribution < -0.4 is 10.1 Å². The maximum atomic E-state index is 6.03. The van der Waals surface area contributed by atoms with E-state index in [-0.39, 0.29) is 0 Å². The number of hydrogen-bond acceptors (Lipinski definition) is 2. The summed E-state index contributed by atoms with van der Waals surface area (Å²) in [7, 11) is 0. The van der Waals surface area contributed by atoms with Gasteiger partial charge < -0.3 is 10.1 Å². The van der Waals surface area contributed by atoms with Crippen molar-refractivity contribution in [2.75, 3.05) is 13.2 Å². The first kappa shape index (κ1) is 13.0. The number of rotatable bonds is 6. The Bertz CT molecular complexity index is 425. The second-order valence-corrected chi connectivity index (χ2v) is 5.95. The second-order valence-electron chi connectivity index (χ2n) is 5.95. The lowest BCUT2D eigenvalue weighted by Gasteiger charge is -2.20. The fraction of sp³-hybridized carbons (Fsp3) is 0.647. The molecular weight excluding hydrogens is 234 g/mol. The van der Waals surface area contributed by atoms with Gasteiger partial charge in [0.2, 0.25) is 0 Å². The molecule has 0 amide bonds. The van der Waals surface area contributed by atoms with Gasteiger partial charge in [0.15, 0.2) is 0 Å². The van der Waals surface area contributed by atoms with E-state index in [0.29, 0.717) is 6.04 Å². The molecule has 1 saturated carbocycles. The maximum absolute atomic E-state index is 6.03. The van der Waals surface area contributed by atoms with Gasteiger partial charge in [-0.05, 0) is 74.2 Å². The van der Waals surface area contributed by atoms with Gasteiger partial charge in [-0.2, -0.15) is 0 Å². The zero-order chi connectivity index (χ0) is 13.1. The third-order valence-corrected chi connectivity index (χ3v) is 4.41. The van der Waals surface area contributed by atoms with Gasteiger partial charge in [0.1, 0.15) is 12.4 Å². The zero-order valence-corrected chi connectivity index (χ0v) is 12.0. The minimum atomic E-state index is 0.543. The summed E-state index contributed by atoms with van der Waals surface area (Å²) in [5, 5.41) is 3.55. The molecule has 2 nitrogen and oxygen atoms in total. The average Bonchev–Trinajstić information content (AvgIpc) is 3.28. The van der Waals surface area contributed by atoms with Gasteiger partial charge in [-0.25, -0.2) is 0 Å². The van der Waals surface area contributed by atoms with Crippen LogP contribution in [0.25, 0.3) is 0 Å². The van der Waals surface area contributed by atoms with Crippen molar-refractivity contribution in [3.8, 4) is 5.75 Å². The molecule has 2 aliphatic carbocycles. The van der Waals surface area contributed by atoms with Crippen LogP contribution >= 0.6 is 0 Å². The first-order valence-corrected chi connectivity index (χ1v) is 7.85. The zero-order valence-electron chi connectivity index (χ0n) is 12.0. The van der Waals surface area contributed by atoms with Crippen LogP contribution in [0.1, 0.15) is 43.7 Å². The van der Waals surface area contributed by atoms with Crippen molar-refractivity contribution in [3.63, 3.8) is 0 Å². The van der Waals surface area contributed by atoms with E-state index in [9.17, 15) is 0 Å². The molecule has 2 heteroatoms. The van der Waals surface area contributed by atoms with Crippen LogP contribution in [0.3, 0.4) is 0 Å². The lowest BCUT2D eigenvalue weighted by molar-refractivity contribution is 0.251. The first-order valence-electron chi connectivity index (χ1n) is 7.85. The van der Waals surface area contributed by atoms with Gasteiger partial charge in [-0.15, -0.1) is 0 Å². The molecule has 104 valence electrons. The van der Waals surface area contributed by atoms with Crippen molar-refractivity contribution in [2.24, 2.45) is 5.92 Å². The van der Waals surface area contributed by atoms with Gasteiger partial charge >= 0.3 is 0 Å². The third kappa shape index (κ3) is 3.30. The average molecular weight is 259 g/mol. The molecule has 2 aliphatic rings. The summed E-state index contributed by atoms with van der Waals surface area (Å²) in [6.07, 6.45) is 7.88. The molecule has 0 saturated heterocycles. The monoisotopic (exact) mass is 259 g/mol. The van der Waals surface area contributed by atoms with Gasteiger partial charge in [0.25, 0.3) is 0 Å². The van der Waals surface area contributed by atoms with Crippen LogP contribution in [0, 0.1) is 5.92 Å². The molecule has 0 heterocycles. The number of hydrogen-bond donors (Lipinski definition) is 1. The van der Waals surface area contributed by atoms with Gasteiger partial charge in [-0.3, -0.25) is 0 Å². The minimum Gasteiger partial charge on any atom is -0.492 e. The van der Waals surface area contributed by atoms with E-state index in [4.69, 9.17) is 4.74 Å². The summed E-state index contributed by atoms with van der Waals surface area (Å²) in [5.74, 6) is 1.90. The number of fused-ring (bicyclic) bond motifs is 1. The molecule has 0 aliphatic heterocycles. The van der Waals surface area contributed by atoms with Crippen LogP contribution in [-0.4, -0.2) is 19.2 Å². The fourth-order valence-electron chi connectivity index (χ4n) is 3.11. The van der Waals surface area contributed by atoms with E-state index >= 15 is 0 Å².